The molecule has 1 aromatic heterocycles. The summed E-state index contributed by atoms with van der Waals surface area (Å²) in [5.74, 6) is -0.538. The maximum atomic E-state index is 12.4. The van der Waals surface area contributed by atoms with Crippen LogP contribution in [0, 0.1) is 24.0 Å². The molecule has 0 radical (unpaired) electrons. The molecular formula is C16H19N5O4. The lowest BCUT2D eigenvalue weighted by Crippen LogP contribution is -2.25. The van der Waals surface area contributed by atoms with Gasteiger partial charge < -0.3 is 10.6 Å². The molecule has 9 nitrogen and oxygen atoms in total. The van der Waals surface area contributed by atoms with Crippen molar-refractivity contribution in [1.29, 1.82) is 0 Å². The molecule has 1 atom stereocenters. The number of carbonyl (C=O) groups is 2. The van der Waals surface area contributed by atoms with Crippen molar-refractivity contribution >= 4 is 28.9 Å². The molecule has 25 heavy (non-hydrogen) atoms. The third kappa shape index (κ3) is 4.00. The first-order chi connectivity index (χ1) is 11.7. The van der Waals surface area contributed by atoms with Gasteiger partial charge in [-0.2, -0.15) is 5.10 Å². The van der Waals surface area contributed by atoms with Crippen LogP contribution in [-0.4, -0.2) is 26.5 Å². The van der Waals surface area contributed by atoms with E-state index in [1.165, 1.54) is 18.5 Å². The van der Waals surface area contributed by atoms with E-state index >= 15 is 0 Å². The van der Waals surface area contributed by atoms with Crippen LogP contribution < -0.4 is 10.6 Å². The second-order valence-corrected chi connectivity index (χ2v) is 5.64. The summed E-state index contributed by atoms with van der Waals surface area (Å²) in [5.41, 5.74) is 1.67. The summed E-state index contributed by atoms with van der Waals surface area (Å²) in [6.45, 7) is 6.12. The number of benzene rings is 1. The van der Waals surface area contributed by atoms with Gasteiger partial charge in [0.1, 0.15) is 17.4 Å². The molecule has 9 heteroatoms. The molecule has 0 spiro atoms. The Morgan fingerprint density at radius 3 is 2.12 bits per heavy atom. The van der Waals surface area contributed by atoms with Crippen LogP contribution in [0.1, 0.15) is 31.3 Å². The van der Waals surface area contributed by atoms with Crippen molar-refractivity contribution in [3.63, 3.8) is 0 Å². The Morgan fingerprint density at radius 2 is 1.68 bits per heavy atom. The van der Waals surface area contributed by atoms with Gasteiger partial charge in [-0.15, -0.1) is 0 Å². The lowest BCUT2D eigenvalue weighted by Gasteiger charge is -2.14. The first-order valence-electron chi connectivity index (χ1n) is 7.59. The minimum absolute atomic E-state index is 0.0840. The standard InChI is InChI=1S/C16H19N5O4/c1-9-15(21(24)25)10(2)20(19-9)11(3)16(23)18-14-7-5-13(6-8-14)17-12(4)22/h5-8,11H,1-4H3,(H,17,22)(H,18,23)/t11-/m1/s1. The number of nitrogens with one attached hydrogen (secondary N) is 2. The molecular weight excluding hydrogens is 326 g/mol. The third-order valence-corrected chi connectivity index (χ3v) is 3.69. The molecule has 0 aliphatic carbocycles. The Labute approximate surface area is 144 Å². The number of amides is 2. The first-order valence-corrected chi connectivity index (χ1v) is 7.59. The first kappa shape index (κ1) is 18.1. The molecule has 1 heterocycles. The molecule has 0 saturated heterocycles. The van der Waals surface area contributed by atoms with Crippen LogP contribution in [-0.2, 0) is 9.59 Å². The summed E-state index contributed by atoms with van der Waals surface area (Å²) in [6, 6.07) is 5.91. The molecule has 2 rings (SSSR count). The average molecular weight is 345 g/mol. The summed E-state index contributed by atoms with van der Waals surface area (Å²) < 4.78 is 1.34. The van der Waals surface area contributed by atoms with Crippen molar-refractivity contribution in [2.75, 3.05) is 10.6 Å². The second kappa shape index (κ2) is 7.12. The largest absolute Gasteiger partial charge is 0.326 e. The normalized spacial score (nSPS) is 11.7. The highest BCUT2D eigenvalue weighted by molar-refractivity contribution is 5.94. The van der Waals surface area contributed by atoms with Gasteiger partial charge in [0.2, 0.25) is 11.8 Å². The van der Waals surface area contributed by atoms with Gasteiger partial charge in [-0.1, -0.05) is 0 Å². The zero-order valence-corrected chi connectivity index (χ0v) is 14.4. The molecule has 132 valence electrons. The predicted molar refractivity (Wildman–Crippen MR) is 92.4 cm³/mol. The van der Waals surface area contributed by atoms with Gasteiger partial charge in [0.25, 0.3) is 0 Å². The van der Waals surface area contributed by atoms with E-state index < -0.39 is 11.0 Å². The molecule has 0 aliphatic rings. The highest BCUT2D eigenvalue weighted by atomic mass is 16.6. The summed E-state index contributed by atoms with van der Waals surface area (Å²) in [6.07, 6.45) is 0. The number of aryl methyl sites for hydroxylation is 1. The van der Waals surface area contributed by atoms with Crippen LogP contribution >= 0.6 is 0 Å². The van der Waals surface area contributed by atoms with Gasteiger partial charge in [-0.3, -0.25) is 24.4 Å². The predicted octanol–water partition coefficient (Wildman–Crippen LogP) is 2.57. The highest BCUT2D eigenvalue weighted by Crippen LogP contribution is 2.25. The number of rotatable bonds is 5. The van der Waals surface area contributed by atoms with Crippen molar-refractivity contribution in [3.8, 4) is 0 Å². The SMILES string of the molecule is CC(=O)Nc1ccc(NC(=O)[C@@H](C)n2nc(C)c([N+](=O)[O-])c2C)cc1. The van der Waals surface area contributed by atoms with Gasteiger partial charge in [0.15, 0.2) is 0 Å². The summed E-state index contributed by atoms with van der Waals surface area (Å²) >= 11 is 0. The minimum atomic E-state index is -0.720. The number of hydrogen-bond acceptors (Lipinski definition) is 5. The number of anilines is 2. The molecule has 2 amide bonds. The minimum Gasteiger partial charge on any atom is -0.326 e. The fourth-order valence-electron chi connectivity index (χ4n) is 2.49. The van der Waals surface area contributed by atoms with Crippen molar-refractivity contribution < 1.29 is 14.5 Å². The van der Waals surface area contributed by atoms with Crippen LogP contribution in [0.3, 0.4) is 0 Å². The van der Waals surface area contributed by atoms with Crippen molar-refractivity contribution in [2.45, 2.75) is 33.7 Å². The van der Waals surface area contributed by atoms with Crippen LogP contribution in [0.4, 0.5) is 17.1 Å². The summed E-state index contributed by atoms with van der Waals surface area (Å²) in [7, 11) is 0. The van der Waals surface area contributed by atoms with Crippen LogP contribution in [0.5, 0.6) is 0 Å². The smallest absolute Gasteiger partial charge is 0.312 e. The molecule has 0 fully saturated rings. The number of hydrogen-bond donors (Lipinski definition) is 2. The Bertz CT molecular complexity index is 826. The monoisotopic (exact) mass is 345 g/mol. The summed E-state index contributed by atoms with van der Waals surface area (Å²) in [4.78, 5) is 34.0. The van der Waals surface area contributed by atoms with Crippen LogP contribution in [0.25, 0.3) is 0 Å². The number of nitrogens with zero attached hydrogens (tertiary/aromatic N) is 3. The number of carbonyl (C=O) groups excluding carboxylic acids is 2. The fraction of sp³-hybridized carbons (Fsp3) is 0.312. The fourth-order valence-corrected chi connectivity index (χ4v) is 2.49. The number of aromatic nitrogens is 2. The highest BCUT2D eigenvalue weighted by Gasteiger charge is 2.27. The molecule has 0 aliphatic heterocycles. The third-order valence-electron chi connectivity index (χ3n) is 3.69. The maximum absolute atomic E-state index is 12.4. The van der Waals surface area contributed by atoms with E-state index in [9.17, 15) is 19.7 Å². The van der Waals surface area contributed by atoms with E-state index in [0.29, 0.717) is 17.1 Å². The van der Waals surface area contributed by atoms with Crippen molar-refractivity contribution in [1.82, 2.24) is 9.78 Å². The Hall–Kier alpha value is -3.23. The molecule has 0 bridgehead atoms. The van der Waals surface area contributed by atoms with Gasteiger partial charge in [0, 0.05) is 18.3 Å². The lowest BCUT2D eigenvalue weighted by atomic mass is 10.2. The van der Waals surface area contributed by atoms with E-state index in [1.54, 1.807) is 38.1 Å². The molecule has 2 N–H and O–H groups in total. The van der Waals surface area contributed by atoms with Gasteiger partial charge in [-0.25, -0.2) is 0 Å². The molecule has 2 aromatic rings. The average Bonchev–Trinajstić information content (AvgIpc) is 2.82. The van der Waals surface area contributed by atoms with Crippen LogP contribution in [0.15, 0.2) is 24.3 Å². The Morgan fingerprint density at radius 1 is 1.16 bits per heavy atom. The Kier molecular flexibility index (Phi) is 5.16. The molecule has 1 aromatic carbocycles. The molecule has 0 unspecified atom stereocenters. The number of nitro groups is 1. The lowest BCUT2D eigenvalue weighted by molar-refractivity contribution is -0.386. The van der Waals surface area contributed by atoms with Gasteiger partial charge in [0.05, 0.1) is 4.92 Å². The van der Waals surface area contributed by atoms with E-state index in [2.05, 4.69) is 15.7 Å². The topological polar surface area (TPSA) is 119 Å². The second-order valence-electron chi connectivity index (χ2n) is 5.64. The van der Waals surface area contributed by atoms with E-state index in [-0.39, 0.29) is 23.2 Å². The van der Waals surface area contributed by atoms with Crippen molar-refractivity contribution in [3.05, 3.63) is 45.8 Å². The molecule has 0 saturated carbocycles. The van der Waals surface area contributed by atoms with Gasteiger partial charge >= 0.3 is 5.69 Å². The van der Waals surface area contributed by atoms with Gasteiger partial charge in [-0.05, 0) is 45.0 Å². The van der Waals surface area contributed by atoms with E-state index in [1.807, 2.05) is 0 Å². The zero-order valence-electron chi connectivity index (χ0n) is 14.4. The maximum Gasteiger partial charge on any atom is 0.312 e. The quantitative estimate of drug-likeness (QED) is 0.637. The van der Waals surface area contributed by atoms with E-state index in [0.717, 1.165) is 0 Å². The van der Waals surface area contributed by atoms with E-state index in [4.69, 9.17) is 0 Å². The van der Waals surface area contributed by atoms with Crippen LogP contribution in [0.2, 0.25) is 0 Å². The summed E-state index contributed by atoms with van der Waals surface area (Å²) in [5, 5.41) is 20.5. The Balaban J connectivity index is 2.14. The zero-order chi connectivity index (χ0) is 18.7. The van der Waals surface area contributed by atoms with Crippen molar-refractivity contribution in [2.24, 2.45) is 0 Å².